The molecule has 0 bridgehead atoms. The van der Waals surface area contributed by atoms with Crippen molar-refractivity contribution in [3.63, 3.8) is 0 Å². The van der Waals surface area contributed by atoms with Gasteiger partial charge in [0.25, 0.3) is 0 Å². The summed E-state index contributed by atoms with van der Waals surface area (Å²) < 4.78 is 27.0. The van der Waals surface area contributed by atoms with E-state index in [9.17, 15) is 9.59 Å². The number of pyridine rings is 1. The molecule has 2 atom stereocenters. The fraction of sp³-hybridized carbons (Fsp3) is 0.240. The van der Waals surface area contributed by atoms with Crippen LogP contribution >= 0.6 is 23.2 Å². The topological polar surface area (TPSA) is 93.2 Å². The van der Waals surface area contributed by atoms with Crippen molar-refractivity contribution >= 4 is 35.1 Å². The summed E-state index contributed by atoms with van der Waals surface area (Å²) in [5.74, 6) is 0.825. The zero-order valence-corrected chi connectivity index (χ0v) is 20.7. The highest BCUT2D eigenvalue weighted by atomic mass is 35.5. The molecule has 0 fully saturated rings. The molecule has 0 spiro atoms. The minimum atomic E-state index is -0.881. The molecule has 0 saturated heterocycles. The first-order chi connectivity index (χ1) is 16.7. The number of rotatable bonds is 10. The fourth-order valence-corrected chi connectivity index (χ4v) is 3.14. The molecular weight excluding hydrogens is 497 g/mol. The Kier molecular flexibility index (Phi) is 9.17. The van der Waals surface area contributed by atoms with Crippen LogP contribution in [0.2, 0.25) is 10.0 Å². The first-order valence-corrected chi connectivity index (χ1v) is 11.4. The second kappa shape index (κ2) is 12.3. The third-order valence-electron chi connectivity index (χ3n) is 4.43. The summed E-state index contributed by atoms with van der Waals surface area (Å²) in [5, 5.41) is 0.683. The van der Waals surface area contributed by atoms with Gasteiger partial charge in [-0.1, -0.05) is 23.2 Å². The molecule has 3 rings (SSSR count). The van der Waals surface area contributed by atoms with E-state index in [-0.39, 0.29) is 17.5 Å². The van der Waals surface area contributed by atoms with Crippen molar-refractivity contribution in [1.82, 2.24) is 4.98 Å². The van der Waals surface area contributed by atoms with Crippen molar-refractivity contribution in [2.45, 2.75) is 33.0 Å². The molecule has 0 radical (unpaired) electrons. The zero-order valence-electron chi connectivity index (χ0n) is 19.2. The summed E-state index contributed by atoms with van der Waals surface area (Å²) in [4.78, 5) is 28.1. The molecule has 1 heterocycles. The van der Waals surface area contributed by atoms with Crippen LogP contribution in [-0.2, 0) is 14.3 Å². The first-order valence-electron chi connectivity index (χ1n) is 10.7. The second-order valence-electron chi connectivity index (χ2n) is 7.18. The largest absolute Gasteiger partial charge is 0.479 e. The van der Waals surface area contributed by atoms with E-state index in [0.717, 1.165) is 0 Å². The number of aromatic nitrogens is 1. The van der Waals surface area contributed by atoms with Crippen LogP contribution < -0.4 is 18.9 Å². The average molecular weight is 520 g/mol. The van der Waals surface area contributed by atoms with Gasteiger partial charge in [0, 0.05) is 6.20 Å². The standard InChI is InChI=1S/C25H23Cl2NO7/c1-4-31-24(29)15(2)32-18-7-11-21(12-8-18)35-25(30)16(3)33-19-5-9-20(10-6-19)34-23-22(27)13-17(26)14-28-23/h5-16H,4H2,1-3H3/t15-,16-/m1/s1. The molecule has 0 aliphatic carbocycles. The van der Waals surface area contributed by atoms with E-state index in [4.69, 9.17) is 46.9 Å². The van der Waals surface area contributed by atoms with Gasteiger partial charge in [-0.2, -0.15) is 0 Å². The van der Waals surface area contributed by atoms with Crippen LogP contribution in [0.25, 0.3) is 0 Å². The predicted molar refractivity (Wildman–Crippen MR) is 130 cm³/mol. The van der Waals surface area contributed by atoms with Crippen molar-refractivity contribution < 1.29 is 33.3 Å². The molecule has 1 aromatic heterocycles. The molecule has 3 aromatic rings. The number of halogens is 2. The number of esters is 2. The maximum absolute atomic E-state index is 12.4. The lowest BCUT2D eigenvalue weighted by Gasteiger charge is -2.15. The third kappa shape index (κ3) is 7.77. The quantitative estimate of drug-likeness (QED) is 0.242. The number of hydrogen-bond donors (Lipinski definition) is 0. The Hall–Kier alpha value is -3.49. The van der Waals surface area contributed by atoms with Crippen LogP contribution in [0.3, 0.4) is 0 Å². The van der Waals surface area contributed by atoms with Gasteiger partial charge in [0.1, 0.15) is 28.0 Å². The molecule has 0 amide bonds. The Labute approximate surface area is 212 Å². The molecule has 2 aromatic carbocycles. The van der Waals surface area contributed by atoms with Crippen LogP contribution in [0.15, 0.2) is 60.8 Å². The Balaban J connectivity index is 1.51. The van der Waals surface area contributed by atoms with E-state index in [0.29, 0.717) is 28.0 Å². The van der Waals surface area contributed by atoms with Crippen LogP contribution in [0.1, 0.15) is 20.8 Å². The molecule has 0 unspecified atom stereocenters. The average Bonchev–Trinajstić information content (AvgIpc) is 2.83. The summed E-state index contributed by atoms with van der Waals surface area (Å²) in [5.41, 5.74) is 0. The lowest BCUT2D eigenvalue weighted by Crippen LogP contribution is -2.28. The van der Waals surface area contributed by atoms with E-state index in [2.05, 4.69) is 4.98 Å². The van der Waals surface area contributed by atoms with Gasteiger partial charge in [0.05, 0.1) is 11.6 Å². The molecule has 0 saturated carbocycles. The van der Waals surface area contributed by atoms with Crippen LogP contribution in [0.5, 0.6) is 28.9 Å². The zero-order chi connectivity index (χ0) is 25.4. The Morgan fingerprint density at radius 3 is 1.89 bits per heavy atom. The highest BCUT2D eigenvalue weighted by Gasteiger charge is 2.19. The smallest absolute Gasteiger partial charge is 0.352 e. The van der Waals surface area contributed by atoms with E-state index in [1.54, 1.807) is 69.3 Å². The fourth-order valence-electron chi connectivity index (χ4n) is 2.72. The van der Waals surface area contributed by atoms with Crippen molar-refractivity contribution in [2.75, 3.05) is 6.61 Å². The number of ether oxygens (including phenoxy) is 5. The monoisotopic (exact) mass is 519 g/mol. The van der Waals surface area contributed by atoms with Gasteiger partial charge in [-0.3, -0.25) is 0 Å². The van der Waals surface area contributed by atoms with Crippen LogP contribution in [0.4, 0.5) is 0 Å². The SMILES string of the molecule is CCOC(=O)[C@@H](C)Oc1ccc(OC(=O)[C@@H](C)Oc2ccc(Oc3ncc(Cl)cc3Cl)cc2)cc1. The van der Waals surface area contributed by atoms with Gasteiger partial charge in [-0.15, -0.1) is 0 Å². The number of nitrogens with zero attached hydrogens (tertiary/aromatic N) is 1. The van der Waals surface area contributed by atoms with Gasteiger partial charge >= 0.3 is 11.9 Å². The normalized spacial score (nSPS) is 12.3. The minimum absolute atomic E-state index is 0.216. The van der Waals surface area contributed by atoms with Gasteiger partial charge in [0.2, 0.25) is 5.88 Å². The van der Waals surface area contributed by atoms with Gasteiger partial charge in [0.15, 0.2) is 12.2 Å². The Bertz CT molecular complexity index is 1150. The highest BCUT2D eigenvalue weighted by Crippen LogP contribution is 2.30. The first kappa shape index (κ1) is 26.1. The highest BCUT2D eigenvalue weighted by molar-refractivity contribution is 6.35. The van der Waals surface area contributed by atoms with Gasteiger partial charge in [-0.05, 0) is 75.4 Å². The molecule has 0 aliphatic rings. The summed E-state index contributed by atoms with van der Waals surface area (Å²) >= 11 is 11.9. The third-order valence-corrected chi connectivity index (χ3v) is 4.91. The summed E-state index contributed by atoms with van der Waals surface area (Å²) in [6.45, 7) is 5.16. The molecule has 184 valence electrons. The molecule has 0 aliphatic heterocycles. The lowest BCUT2D eigenvalue weighted by molar-refractivity contribution is -0.150. The Morgan fingerprint density at radius 1 is 0.829 bits per heavy atom. The summed E-state index contributed by atoms with van der Waals surface area (Å²) in [6, 6.07) is 14.4. The molecule has 0 N–H and O–H groups in total. The van der Waals surface area contributed by atoms with E-state index in [1.165, 1.54) is 12.3 Å². The summed E-state index contributed by atoms with van der Waals surface area (Å²) in [7, 11) is 0. The van der Waals surface area contributed by atoms with Crippen molar-refractivity contribution in [2.24, 2.45) is 0 Å². The molecular formula is C25H23Cl2NO7. The number of benzene rings is 2. The lowest BCUT2D eigenvalue weighted by atomic mass is 10.3. The van der Waals surface area contributed by atoms with E-state index >= 15 is 0 Å². The van der Waals surface area contributed by atoms with Crippen LogP contribution in [0, 0.1) is 0 Å². The second-order valence-corrected chi connectivity index (χ2v) is 8.02. The van der Waals surface area contributed by atoms with Gasteiger partial charge in [-0.25, -0.2) is 14.6 Å². The summed E-state index contributed by atoms with van der Waals surface area (Å²) in [6.07, 6.45) is -0.208. The Morgan fingerprint density at radius 2 is 1.34 bits per heavy atom. The van der Waals surface area contributed by atoms with Crippen molar-refractivity contribution in [1.29, 1.82) is 0 Å². The maximum atomic E-state index is 12.4. The van der Waals surface area contributed by atoms with Gasteiger partial charge < -0.3 is 23.7 Å². The maximum Gasteiger partial charge on any atom is 0.352 e. The van der Waals surface area contributed by atoms with E-state index < -0.39 is 24.1 Å². The number of carbonyl (C=O) groups is 2. The number of hydrogen-bond acceptors (Lipinski definition) is 8. The van der Waals surface area contributed by atoms with E-state index in [1.807, 2.05) is 0 Å². The number of carbonyl (C=O) groups excluding carboxylic acids is 2. The molecule has 8 nitrogen and oxygen atoms in total. The minimum Gasteiger partial charge on any atom is -0.479 e. The van der Waals surface area contributed by atoms with Crippen LogP contribution in [-0.4, -0.2) is 35.7 Å². The molecule has 35 heavy (non-hydrogen) atoms. The molecule has 10 heteroatoms. The van der Waals surface area contributed by atoms with Crippen molar-refractivity contribution in [3.05, 3.63) is 70.8 Å². The predicted octanol–water partition coefficient (Wildman–Crippen LogP) is 5.88. The van der Waals surface area contributed by atoms with Crippen molar-refractivity contribution in [3.8, 4) is 28.9 Å².